The number of pyridine rings is 1. The van der Waals surface area contributed by atoms with Gasteiger partial charge in [0.1, 0.15) is 18.3 Å². The molecule has 1 saturated heterocycles. The molecule has 9 heteroatoms. The highest BCUT2D eigenvalue weighted by Gasteiger charge is 2.43. The highest BCUT2D eigenvalue weighted by atomic mass is 16.7. The number of allylic oxidation sites excluding steroid dienone is 6. The molecule has 7 atom stereocenters. The van der Waals surface area contributed by atoms with E-state index in [2.05, 4.69) is 29.3 Å². The molecule has 4 N–H and O–H groups in total. The van der Waals surface area contributed by atoms with E-state index in [0.717, 1.165) is 23.1 Å². The lowest BCUT2D eigenvalue weighted by atomic mass is 9.96. The maximum Gasteiger partial charge on any atom is 0.261 e. The summed E-state index contributed by atoms with van der Waals surface area (Å²) in [5.41, 5.74) is 4.54. The lowest BCUT2D eigenvalue weighted by molar-refractivity contribution is -0.268. The normalized spacial score (nSPS) is 26.1. The zero-order valence-electron chi connectivity index (χ0n) is 25.2. The summed E-state index contributed by atoms with van der Waals surface area (Å²) in [6.07, 6.45) is 4.85. The monoisotopic (exact) mass is 561 g/mol. The van der Waals surface area contributed by atoms with E-state index < -0.39 is 36.8 Å². The predicted molar refractivity (Wildman–Crippen MR) is 155 cm³/mol. The number of hydrogen-bond donors (Lipinski definition) is 4. The van der Waals surface area contributed by atoms with Gasteiger partial charge in [-0.15, -0.1) is 0 Å². The van der Waals surface area contributed by atoms with Crippen LogP contribution in [0.1, 0.15) is 59.2 Å². The van der Waals surface area contributed by atoms with Crippen LogP contribution in [0.5, 0.6) is 17.4 Å². The van der Waals surface area contributed by atoms with Crippen LogP contribution in [-0.4, -0.2) is 76.4 Å². The van der Waals surface area contributed by atoms with Crippen molar-refractivity contribution < 1.29 is 39.4 Å². The maximum atomic E-state index is 10.5. The lowest BCUT2D eigenvalue weighted by Crippen LogP contribution is -2.58. The molecule has 1 aliphatic rings. The van der Waals surface area contributed by atoms with Gasteiger partial charge in [-0.1, -0.05) is 48.5 Å². The Balaban J connectivity index is 2.20. The molecule has 0 amide bonds. The molecule has 0 spiro atoms. The standard InChI is InChI=1S/C31H47NO8/c1-10-19(4)24(33)20(5)16-18(3)13-11-12-17(2)14-15-23-21(6)28(29(37-8)30(32-23)38-9)40-31-27(36)26(35)25(34)22(7)39-31/h10-11,13-14,16,20,22,24-27,31,33-36H,12,15H2,1-9H3/b13-11+,17-14+,18-16+,19-10+/t20-,22-,24+,25+,26+,27+,31+/m1/s1. The van der Waals surface area contributed by atoms with E-state index in [1.807, 2.05) is 47.6 Å². The average molecular weight is 562 g/mol. The predicted octanol–water partition coefficient (Wildman–Crippen LogP) is 3.96. The van der Waals surface area contributed by atoms with Crippen molar-refractivity contribution in [1.29, 1.82) is 0 Å². The number of hydrogen-bond acceptors (Lipinski definition) is 9. The first-order chi connectivity index (χ1) is 18.9. The van der Waals surface area contributed by atoms with Gasteiger partial charge >= 0.3 is 0 Å². The van der Waals surface area contributed by atoms with Gasteiger partial charge in [0.25, 0.3) is 5.88 Å². The van der Waals surface area contributed by atoms with Gasteiger partial charge in [-0.3, -0.25) is 0 Å². The summed E-state index contributed by atoms with van der Waals surface area (Å²) >= 11 is 0. The van der Waals surface area contributed by atoms with Gasteiger partial charge in [0, 0.05) is 17.9 Å². The number of aliphatic hydroxyl groups is 4. The molecule has 0 aliphatic carbocycles. The third-order valence-corrected chi connectivity index (χ3v) is 7.26. The van der Waals surface area contributed by atoms with Crippen LogP contribution in [0.25, 0.3) is 0 Å². The summed E-state index contributed by atoms with van der Waals surface area (Å²) in [5.74, 6) is 0.751. The van der Waals surface area contributed by atoms with Crippen molar-refractivity contribution in [2.24, 2.45) is 5.92 Å². The third-order valence-electron chi connectivity index (χ3n) is 7.26. The van der Waals surface area contributed by atoms with Crippen molar-refractivity contribution in [2.75, 3.05) is 14.2 Å². The second kappa shape index (κ2) is 15.3. The van der Waals surface area contributed by atoms with Crippen molar-refractivity contribution in [3.05, 3.63) is 58.4 Å². The molecule has 0 unspecified atom stereocenters. The quantitative estimate of drug-likeness (QED) is 0.221. The van der Waals surface area contributed by atoms with Crippen molar-refractivity contribution in [3.8, 4) is 17.4 Å². The summed E-state index contributed by atoms with van der Waals surface area (Å²) in [6.45, 7) is 13.3. The first-order valence-electron chi connectivity index (χ1n) is 13.6. The number of methoxy groups -OCH3 is 2. The molecule has 1 aromatic rings. The molecule has 9 nitrogen and oxygen atoms in total. The average Bonchev–Trinajstić information content (AvgIpc) is 2.93. The van der Waals surface area contributed by atoms with E-state index in [4.69, 9.17) is 18.9 Å². The molecule has 1 aliphatic heterocycles. The van der Waals surface area contributed by atoms with E-state index in [0.29, 0.717) is 17.7 Å². The van der Waals surface area contributed by atoms with Crippen molar-refractivity contribution in [2.45, 2.75) is 98.1 Å². The molecule has 0 radical (unpaired) electrons. The number of nitrogens with zero attached hydrogens (tertiary/aromatic N) is 1. The lowest BCUT2D eigenvalue weighted by Gasteiger charge is -2.39. The zero-order chi connectivity index (χ0) is 30.1. The minimum Gasteiger partial charge on any atom is -0.489 e. The molecule has 2 rings (SSSR count). The van der Waals surface area contributed by atoms with E-state index in [1.54, 1.807) is 6.92 Å². The van der Waals surface area contributed by atoms with Gasteiger partial charge in [0.05, 0.1) is 32.1 Å². The third kappa shape index (κ3) is 8.41. The van der Waals surface area contributed by atoms with Gasteiger partial charge < -0.3 is 39.4 Å². The molecule has 1 aromatic heterocycles. The van der Waals surface area contributed by atoms with Gasteiger partial charge in [-0.25, -0.2) is 4.98 Å². The fourth-order valence-corrected chi connectivity index (χ4v) is 4.47. The Morgan fingerprint density at radius 2 is 1.73 bits per heavy atom. The fourth-order valence-electron chi connectivity index (χ4n) is 4.47. The Labute approximate surface area is 238 Å². The zero-order valence-corrected chi connectivity index (χ0v) is 25.2. The van der Waals surface area contributed by atoms with Gasteiger partial charge in [-0.05, 0) is 53.5 Å². The second-order valence-electron chi connectivity index (χ2n) is 10.5. The molecular formula is C31H47NO8. The first-order valence-corrected chi connectivity index (χ1v) is 13.6. The van der Waals surface area contributed by atoms with Crippen LogP contribution in [0.4, 0.5) is 0 Å². The fraction of sp³-hybridized carbons (Fsp3) is 0.581. The summed E-state index contributed by atoms with van der Waals surface area (Å²) in [4.78, 5) is 4.61. The highest BCUT2D eigenvalue weighted by molar-refractivity contribution is 5.54. The Kier molecular flexibility index (Phi) is 12.9. The summed E-state index contributed by atoms with van der Waals surface area (Å²) in [6, 6.07) is 0. The van der Waals surface area contributed by atoms with E-state index in [1.165, 1.54) is 14.2 Å². The summed E-state index contributed by atoms with van der Waals surface area (Å²) in [5, 5.41) is 41.0. The second-order valence-corrected chi connectivity index (χ2v) is 10.5. The molecule has 40 heavy (non-hydrogen) atoms. The first kappa shape index (κ1) is 33.5. The number of aromatic nitrogens is 1. The Hall–Kier alpha value is -2.69. The Morgan fingerprint density at radius 1 is 1.05 bits per heavy atom. The highest BCUT2D eigenvalue weighted by Crippen LogP contribution is 2.41. The summed E-state index contributed by atoms with van der Waals surface area (Å²) < 4.78 is 22.6. The molecule has 224 valence electrons. The maximum absolute atomic E-state index is 10.5. The van der Waals surface area contributed by atoms with Crippen LogP contribution in [0, 0.1) is 12.8 Å². The number of rotatable bonds is 12. The van der Waals surface area contributed by atoms with Crippen LogP contribution in [-0.2, 0) is 11.2 Å². The summed E-state index contributed by atoms with van der Waals surface area (Å²) in [7, 11) is 2.93. The van der Waals surface area contributed by atoms with Gasteiger partial charge in [0.2, 0.25) is 12.0 Å². The topological polar surface area (TPSA) is 131 Å². The van der Waals surface area contributed by atoms with Gasteiger partial charge in [-0.2, -0.15) is 0 Å². The molecule has 0 saturated carbocycles. The van der Waals surface area contributed by atoms with Crippen LogP contribution in [0.3, 0.4) is 0 Å². The van der Waals surface area contributed by atoms with E-state index in [9.17, 15) is 20.4 Å². The van der Waals surface area contributed by atoms with Gasteiger partial charge in [0.15, 0.2) is 5.75 Å². The minimum atomic E-state index is -1.47. The number of ether oxygens (including phenoxy) is 4. The molecule has 0 aromatic carbocycles. The minimum absolute atomic E-state index is 0.0182. The van der Waals surface area contributed by atoms with Crippen molar-refractivity contribution in [1.82, 2.24) is 4.98 Å². The van der Waals surface area contributed by atoms with Crippen LogP contribution in [0.15, 0.2) is 47.1 Å². The van der Waals surface area contributed by atoms with E-state index in [-0.39, 0.29) is 23.3 Å². The molecule has 2 heterocycles. The molecule has 1 fully saturated rings. The largest absolute Gasteiger partial charge is 0.489 e. The molecule has 0 bridgehead atoms. The Morgan fingerprint density at radius 3 is 2.33 bits per heavy atom. The SMILES string of the molecule is C/C=C(\C)[C@H](O)[C@H](C)/C=C(C)/C=C/C/C(C)=C/Cc1nc(OC)c(OC)c(O[C@@H]2O[C@H](C)[C@H](O)[C@H](O)[C@@H]2O)c1C. The molecular weight excluding hydrogens is 514 g/mol. The van der Waals surface area contributed by atoms with Crippen LogP contribution in [0.2, 0.25) is 0 Å². The van der Waals surface area contributed by atoms with E-state index >= 15 is 0 Å². The van der Waals surface area contributed by atoms with Crippen LogP contribution < -0.4 is 14.2 Å². The number of aliphatic hydroxyl groups excluding tert-OH is 4. The van der Waals surface area contributed by atoms with Crippen molar-refractivity contribution in [3.63, 3.8) is 0 Å². The Bertz CT molecular complexity index is 1110. The van der Waals surface area contributed by atoms with Crippen LogP contribution >= 0.6 is 0 Å². The van der Waals surface area contributed by atoms with Crippen molar-refractivity contribution >= 4 is 0 Å². The smallest absolute Gasteiger partial charge is 0.261 e.